The maximum absolute atomic E-state index is 12.2. The summed E-state index contributed by atoms with van der Waals surface area (Å²) >= 11 is 6.30. The van der Waals surface area contributed by atoms with Crippen LogP contribution in [0.3, 0.4) is 0 Å². The van der Waals surface area contributed by atoms with Crippen LogP contribution in [-0.4, -0.2) is 12.5 Å². The molecule has 0 saturated heterocycles. The molecule has 0 radical (unpaired) electrons. The van der Waals surface area contributed by atoms with Gasteiger partial charge in [-0.25, -0.2) is 0 Å². The first-order valence-corrected chi connectivity index (χ1v) is 7.34. The first-order valence-electron chi connectivity index (χ1n) is 6.91. The molecule has 1 aliphatic heterocycles. The number of carbonyl (C=O) groups excluding carboxylic acids is 1. The standard InChI is InChI=1S/C17H16ClNO2/c18-16(12-4-2-1-3-5-12)9-19-17(20)13-6-7-14-10-21-11-15(14)8-13/h1-8,16H,9-11H2,(H,19,20). The van der Waals surface area contributed by atoms with Crippen molar-refractivity contribution in [1.29, 1.82) is 0 Å². The molecule has 0 aliphatic carbocycles. The Hall–Kier alpha value is -1.84. The predicted octanol–water partition coefficient (Wildman–Crippen LogP) is 3.43. The lowest BCUT2D eigenvalue weighted by molar-refractivity contribution is 0.0953. The normalized spacial score (nSPS) is 14.5. The Labute approximate surface area is 128 Å². The zero-order valence-electron chi connectivity index (χ0n) is 11.5. The van der Waals surface area contributed by atoms with Crippen LogP contribution in [0.5, 0.6) is 0 Å². The lowest BCUT2D eigenvalue weighted by Crippen LogP contribution is -2.26. The molecule has 1 aliphatic rings. The van der Waals surface area contributed by atoms with E-state index in [4.69, 9.17) is 16.3 Å². The molecule has 0 fully saturated rings. The predicted molar refractivity (Wildman–Crippen MR) is 82.3 cm³/mol. The van der Waals surface area contributed by atoms with Crippen LogP contribution >= 0.6 is 11.6 Å². The van der Waals surface area contributed by atoms with Gasteiger partial charge in [0.1, 0.15) is 0 Å². The van der Waals surface area contributed by atoms with Crippen molar-refractivity contribution in [3.05, 3.63) is 70.8 Å². The zero-order valence-corrected chi connectivity index (χ0v) is 12.3. The van der Waals surface area contributed by atoms with Crippen LogP contribution in [0.2, 0.25) is 0 Å². The lowest BCUT2D eigenvalue weighted by Gasteiger charge is -2.11. The van der Waals surface area contributed by atoms with E-state index in [-0.39, 0.29) is 11.3 Å². The molecule has 0 aromatic heterocycles. The van der Waals surface area contributed by atoms with E-state index in [9.17, 15) is 4.79 Å². The summed E-state index contributed by atoms with van der Waals surface area (Å²) in [4.78, 5) is 12.2. The van der Waals surface area contributed by atoms with Gasteiger partial charge in [-0.15, -0.1) is 11.6 Å². The van der Waals surface area contributed by atoms with E-state index in [0.29, 0.717) is 25.3 Å². The molecule has 0 saturated carbocycles. The van der Waals surface area contributed by atoms with Crippen molar-refractivity contribution in [1.82, 2.24) is 5.32 Å². The van der Waals surface area contributed by atoms with Crippen LogP contribution < -0.4 is 5.32 Å². The van der Waals surface area contributed by atoms with Crippen molar-refractivity contribution in [3.63, 3.8) is 0 Å². The molecule has 1 unspecified atom stereocenters. The third kappa shape index (κ3) is 3.26. The van der Waals surface area contributed by atoms with Gasteiger partial charge in [0, 0.05) is 12.1 Å². The molecular formula is C17H16ClNO2. The van der Waals surface area contributed by atoms with E-state index in [1.807, 2.05) is 48.5 Å². The number of alkyl halides is 1. The van der Waals surface area contributed by atoms with E-state index in [1.165, 1.54) is 0 Å². The molecule has 1 N–H and O–H groups in total. The summed E-state index contributed by atoms with van der Waals surface area (Å²) in [6.07, 6.45) is 0. The largest absolute Gasteiger partial charge is 0.372 e. The Morgan fingerprint density at radius 1 is 1.14 bits per heavy atom. The first-order chi connectivity index (χ1) is 10.2. The van der Waals surface area contributed by atoms with Gasteiger partial charge in [-0.2, -0.15) is 0 Å². The van der Waals surface area contributed by atoms with Gasteiger partial charge in [-0.05, 0) is 28.8 Å². The Balaban J connectivity index is 1.62. The minimum atomic E-state index is -0.229. The summed E-state index contributed by atoms with van der Waals surface area (Å²) in [6, 6.07) is 15.4. The molecule has 3 nitrogen and oxygen atoms in total. The van der Waals surface area contributed by atoms with E-state index < -0.39 is 0 Å². The maximum atomic E-state index is 12.2. The van der Waals surface area contributed by atoms with Gasteiger partial charge in [0.15, 0.2) is 0 Å². The molecule has 2 aromatic rings. The molecule has 4 heteroatoms. The average Bonchev–Trinajstić information content (AvgIpc) is 3.00. The highest BCUT2D eigenvalue weighted by Gasteiger charge is 2.15. The SMILES string of the molecule is O=C(NCC(Cl)c1ccccc1)c1ccc2c(c1)COC2. The van der Waals surface area contributed by atoms with E-state index in [0.717, 1.165) is 16.7 Å². The van der Waals surface area contributed by atoms with Crippen molar-refractivity contribution in [2.45, 2.75) is 18.6 Å². The lowest BCUT2D eigenvalue weighted by atomic mass is 10.1. The van der Waals surface area contributed by atoms with Crippen LogP contribution in [-0.2, 0) is 18.0 Å². The number of amides is 1. The molecule has 1 amide bonds. The number of carbonyl (C=O) groups is 1. The van der Waals surface area contributed by atoms with Crippen LogP contribution in [0.15, 0.2) is 48.5 Å². The zero-order chi connectivity index (χ0) is 14.7. The summed E-state index contributed by atoms with van der Waals surface area (Å²) in [7, 11) is 0. The third-order valence-corrected chi connectivity index (χ3v) is 3.99. The smallest absolute Gasteiger partial charge is 0.251 e. The molecular weight excluding hydrogens is 286 g/mol. The van der Waals surface area contributed by atoms with Crippen molar-refractivity contribution in [2.24, 2.45) is 0 Å². The van der Waals surface area contributed by atoms with Gasteiger partial charge in [0.2, 0.25) is 0 Å². The molecule has 0 spiro atoms. The summed E-state index contributed by atoms with van der Waals surface area (Å²) in [6.45, 7) is 1.62. The molecule has 3 rings (SSSR count). The van der Waals surface area contributed by atoms with Crippen LogP contribution in [0.25, 0.3) is 0 Å². The van der Waals surface area contributed by atoms with E-state index in [1.54, 1.807) is 0 Å². The Morgan fingerprint density at radius 2 is 1.90 bits per heavy atom. The van der Waals surface area contributed by atoms with Crippen molar-refractivity contribution in [3.8, 4) is 0 Å². The van der Waals surface area contributed by atoms with Gasteiger partial charge in [0.05, 0.1) is 18.6 Å². The summed E-state index contributed by atoms with van der Waals surface area (Å²) < 4.78 is 5.35. The number of ether oxygens (including phenoxy) is 1. The van der Waals surface area contributed by atoms with Gasteiger partial charge < -0.3 is 10.1 Å². The topological polar surface area (TPSA) is 38.3 Å². The monoisotopic (exact) mass is 301 g/mol. The number of hydrogen-bond acceptors (Lipinski definition) is 2. The number of nitrogens with one attached hydrogen (secondary N) is 1. The van der Waals surface area contributed by atoms with Gasteiger partial charge in [-0.1, -0.05) is 36.4 Å². The molecule has 1 heterocycles. The third-order valence-electron chi connectivity index (χ3n) is 3.59. The van der Waals surface area contributed by atoms with Gasteiger partial charge in [-0.3, -0.25) is 4.79 Å². The van der Waals surface area contributed by atoms with Crippen molar-refractivity contribution < 1.29 is 9.53 Å². The average molecular weight is 302 g/mol. The second kappa shape index (κ2) is 6.29. The number of hydrogen-bond donors (Lipinski definition) is 1. The Morgan fingerprint density at radius 3 is 2.71 bits per heavy atom. The highest BCUT2D eigenvalue weighted by Crippen LogP contribution is 2.21. The van der Waals surface area contributed by atoms with Gasteiger partial charge >= 0.3 is 0 Å². The summed E-state index contributed by atoms with van der Waals surface area (Å²) in [5, 5.41) is 2.65. The number of rotatable bonds is 4. The minimum Gasteiger partial charge on any atom is -0.372 e. The number of benzene rings is 2. The fraction of sp³-hybridized carbons (Fsp3) is 0.235. The number of halogens is 1. The molecule has 21 heavy (non-hydrogen) atoms. The first kappa shape index (κ1) is 14.1. The van der Waals surface area contributed by atoms with Crippen molar-refractivity contribution >= 4 is 17.5 Å². The molecule has 0 bridgehead atoms. The van der Waals surface area contributed by atoms with Crippen molar-refractivity contribution in [2.75, 3.05) is 6.54 Å². The number of fused-ring (bicyclic) bond motifs is 1. The fourth-order valence-corrected chi connectivity index (χ4v) is 2.60. The summed E-state index contributed by atoms with van der Waals surface area (Å²) in [5.74, 6) is -0.105. The fourth-order valence-electron chi connectivity index (χ4n) is 2.38. The summed E-state index contributed by atoms with van der Waals surface area (Å²) in [5.41, 5.74) is 3.90. The molecule has 108 valence electrons. The van der Waals surface area contributed by atoms with E-state index >= 15 is 0 Å². The molecule has 1 atom stereocenters. The van der Waals surface area contributed by atoms with Crippen LogP contribution in [0, 0.1) is 0 Å². The highest BCUT2D eigenvalue weighted by molar-refractivity contribution is 6.21. The maximum Gasteiger partial charge on any atom is 0.251 e. The van der Waals surface area contributed by atoms with Crippen LogP contribution in [0.4, 0.5) is 0 Å². The quantitative estimate of drug-likeness (QED) is 0.879. The minimum absolute atomic E-state index is 0.105. The van der Waals surface area contributed by atoms with Crippen LogP contribution in [0.1, 0.15) is 32.4 Å². The van der Waals surface area contributed by atoms with E-state index in [2.05, 4.69) is 5.32 Å². The molecule has 2 aromatic carbocycles. The van der Waals surface area contributed by atoms with Gasteiger partial charge in [0.25, 0.3) is 5.91 Å². The Kier molecular flexibility index (Phi) is 4.23. The second-order valence-electron chi connectivity index (χ2n) is 5.06. The Bertz CT molecular complexity index is 642. The highest BCUT2D eigenvalue weighted by atomic mass is 35.5. The second-order valence-corrected chi connectivity index (χ2v) is 5.59.